The quantitative estimate of drug-likeness (QED) is 0.135. The van der Waals surface area contributed by atoms with E-state index < -0.39 is 28.9 Å². The molecule has 0 saturated carbocycles. The highest BCUT2D eigenvalue weighted by molar-refractivity contribution is 7.50. The SMILES string of the molecule is O=P(Oc1ccccc1)(Oc1ccccc1)[O][Al]1[n]2c3c4ccccc4c2/N=C2\NC(/N=c4/c5ccccc5c([n]41)=NC1=N/C(=N\3)c3ccccc31)c1ccccc12. The van der Waals surface area contributed by atoms with E-state index >= 15 is 4.57 Å². The molecule has 4 aliphatic rings. The molecule has 1 atom stereocenters. The number of phosphoric acid groups is 1. The number of benzene rings is 6. The van der Waals surface area contributed by atoms with Gasteiger partial charge in [0.05, 0.1) is 0 Å². The van der Waals surface area contributed by atoms with Crippen molar-refractivity contribution in [3.05, 3.63) is 191 Å². The second-order valence-electron chi connectivity index (χ2n) is 14.1. The third-order valence-electron chi connectivity index (χ3n) is 10.6. The Morgan fingerprint density at radius 1 is 0.517 bits per heavy atom. The lowest BCUT2D eigenvalue weighted by molar-refractivity contribution is 0.294. The topological polar surface area (TPSA) is 128 Å². The Hall–Kier alpha value is -6.87. The molecular formula is C44H28AlN8O4P. The molecule has 8 aromatic rings. The highest BCUT2D eigenvalue weighted by Gasteiger charge is 2.49. The van der Waals surface area contributed by atoms with E-state index in [0.29, 0.717) is 51.6 Å². The van der Waals surface area contributed by atoms with Crippen molar-refractivity contribution in [2.24, 2.45) is 25.0 Å². The first-order chi connectivity index (χ1) is 28.6. The molecule has 0 radical (unpaired) electrons. The average Bonchev–Trinajstić information content (AvgIpc) is 3.97. The molecule has 2 aromatic heterocycles. The second-order valence-corrected chi connectivity index (χ2v) is 17.9. The molecule has 0 saturated heterocycles. The van der Waals surface area contributed by atoms with Crippen LogP contribution in [0.15, 0.2) is 183 Å². The maximum atomic E-state index is 15.7. The van der Waals surface area contributed by atoms with Gasteiger partial charge in [-0.1, -0.05) is 133 Å². The highest BCUT2D eigenvalue weighted by atomic mass is 31.2. The molecule has 0 amide bonds. The van der Waals surface area contributed by atoms with Gasteiger partial charge in [-0.15, -0.1) is 0 Å². The molecular weight excluding hydrogens is 762 g/mol. The van der Waals surface area contributed by atoms with Crippen molar-refractivity contribution in [3.63, 3.8) is 0 Å². The normalized spacial score (nSPS) is 18.3. The smallest absolute Gasteiger partial charge is 0.397 e. The standard InChI is InChI=1S/C32H18N8.C12H11O4P.Al/c1-2-10-18-17(9-1)25-33-26(18)38-28-21-13-5-6-14-22(21)30(35-28)40-32-24-16-8-7-15-23(24)31(36-32)39-29-20-12-4-3-11-19(20)27(34-29)37-25;13-17(14,15-11-7-3-1-4-8-11)16-12-9-5-2-6-10-12;/h1-16,25H,(H-,33,34,36,37,38,39,40);1-10H,(H,13,14);/q-2;;+3/p-1. The van der Waals surface area contributed by atoms with Gasteiger partial charge < -0.3 is 25.0 Å². The van der Waals surface area contributed by atoms with Crippen molar-refractivity contribution in [2.45, 2.75) is 6.17 Å². The van der Waals surface area contributed by atoms with E-state index in [0.717, 1.165) is 43.8 Å². The molecule has 0 spiro atoms. The number of amidine groups is 3. The van der Waals surface area contributed by atoms with Gasteiger partial charge in [-0.05, 0) is 24.3 Å². The van der Waals surface area contributed by atoms with Crippen LogP contribution in [0.3, 0.4) is 0 Å². The summed E-state index contributed by atoms with van der Waals surface area (Å²) < 4.78 is 39.6. The van der Waals surface area contributed by atoms with Gasteiger partial charge >= 0.3 is 22.7 Å². The Labute approximate surface area is 335 Å². The maximum Gasteiger partial charge on any atom is 0.820 e. The number of aromatic nitrogens is 2. The van der Waals surface area contributed by atoms with E-state index in [4.69, 9.17) is 37.6 Å². The summed E-state index contributed by atoms with van der Waals surface area (Å²) in [5.41, 5.74) is 4.65. The van der Waals surface area contributed by atoms with E-state index in [1.165, 1.54) is 0 Å². The minimum atomic E-state index is -4.59. The van der Waals surface area contributed by atoms with Crippen LogP contribution in [0.25, 0.3) is 21.5 Å². The molecule has 12 nitrogen and oxygen atoms in total. The Morgan fingerprint density at radius 3 is 1.69 bits per heavy atom. The van der Waals surface area contributed by atoms with Gasteiger partial charge in [-0.2, -0.15) is 0 Å². The van der Waals surface area contributed by atoms with Gasteiger partial charge in [0.15, 0.2) is 11.7 Å². The van der Waals surface area contributed by atoms with Gasteiger partial charge in [0.2, 0.25) is 0 Å². The van der Waals surface area contributed by atoms with Crippen LogP contribution in [0.1, 0.15) is 28.4 Å². The number of aliphatic imine (C=N–C) groups is 3. The van der Waals surface area contributed by atoms with Crippen molar-refractivity contribution in [1.82, 2.24) is 12.4 Å². The second kappa shape index (κ2) is 12.8. The molecule has 6 aromatic carbocycles. The Bertz CT molecular complexity index is 3260. The first-order valence-electron chi connectivity index (χ1n) is 18.8. The molecule has 58 heavy (non-hydrogen) atoms. The zero-order valence-corrected chi connectivity index (χ0v) is 32.4. The number of hydrogen-bond donors (Lipinski definition) is 1. The summed E-state index contributed by atoms with van der Waals surface area (Å²) in [5.74, 6) is 3.30. The molecule has 4 aliphatic heterocycles. The van der Waals surface area contributed by atoms with E-state index in [9.17, 15) is 0 Å². The third kappa shape index (κ3) is 5.19. The van der Waals surface area contributed by atoms with Crippen molar-refractivity contribution in [3.8, 4) is 11.5 Å². The van der Waals surface area contributed by atoms with Crippen LogP contribution >= 0.6 is 7.82 Å². The van der Waals surface area contributed by atoms with Gasteiger partial charge in [0, 0.05) is 43.8 Å². The molecule has 12 rings (SSSR count). The molecule has 6 heterocycles. The zero-order valence-electron chi connectivity index (χ0n) is 30.4. The van der Waals surface area contributed by atoms with Crippen LogP contribution in [0.4, 0.5) is 11.6 Å². The van der Waals surface area contributed by atoms with Crippen molar-refractivity contribution in [1.29, 1.82) is 0 Å². The lowest BCUT2D eigenvalue weighted by Crippen LogP contribution is -2.49. The number of phosphoric ester groups is 1. The fourth-order valence-electron chi connectivity index (χ4n) is 8.09. The summed E-state index contributed by atoms with van der Waals surface area (Å²) in [6, 6.07) is 49.8. The largest absolute Gasteiger partial charge is 0.820 e. The minimum absolute atomic E-state index is 0.309. The first-order valence-corrected chi connectivity index (χ1v) is 21.7. The summed E-state index contributed by atoms with van der Waals surface area (Å²) in [6.45, 7) is 0. The van der Waals surface area contributed by atoms with Crippen molar-refractivity contribution >= 4 is 73.4 Å². The molecule has 0 aliphatic carbocycles. The predicted octanol–water partition coefficient (Wildman–Crippen LogP) is 8.05. The van der Waals surface area contributed by atoms with Crippen LogP contribution in [-0.4, -0.2) is 39.5 Å². The molecule has 6 bridgehead atoms. The molecule has 0 fully saturated rings. The van der Waals surface area contributed by atoms with Gasteiger partial charge in [-0.25, -0.2) is 29.5 Å². The fraction of sp³-hybridized carbons (Fsp3) is 0.0227. The number of nitrogens with one attached hydrogen (secondary N) is 1. The Morgan fingerprint density at radius 2 is 1.03 bits per heavy atom. The molecule has 1 N–H and O–H groups in total. The van der Waals surface area contributed by atoms with Crippen LogP contribution in [-0.2, 0) is 8.14 Å². The molecule has 276 valence electrons. The predicted molar refractivity (Wildman–Crippen MR) is 223 cm³/mol. The van der Waals surface area contributed by atoms with Gasteiger partial charge in [0.1, 0.15) is 46.1 Å². The summed E-state index contributed by atoms with van der Waals surface area (Å²) in [6.07, 6.45) is -0.517. The Balaban J connectivity index is 1.26. The van der Waals surface area contributed by atoms with Crippen molar-refractivity contribution in [2.75, 3.05) is 0 Å². The lowest BCUT2D eigenvalue weighted by atomic mass is 10.1. The summed E-state index contributed by atoms with van der Waals surface area (Å²) >= 11 is -3.61. The van der Waals surface area contributed by atoms with Gasteiger partial charge in [0.25, 0.3) is 0 Å². The highest BCUT2D eigenvalue weighted by Crippen LogP contribution is 2.52. The van der Waals surface area contributed by atoms with Crippen LogP contribution in [0.5, 0.6) is 11.5 Å². The third-order valence-corrected chi connectivity index (χ3v) is 15.1. The maximum absolute atomic E-state index is 15.7. The van der Waals surface area contributed by atoms with E-state index in [1.54, 1.807) is 48.5 Å². The zero-order chi connectivity index (χ0) is 38.4. The van der Waals surface area contributed by atoms with E-state index in [-0.39, 0.29) is 0 Å². The lowest BCUT2D eigenvalue weighted by Gasteiger charge is -2.25. The Kier molecular flexibility index (Phi) is 7.36. The summed E-state index contributed by atoms with van der Waals surface area (Å²) in [5, 5.41) is 6.87. The van der Waals surface area contributed by atoms with Crippen LogP contribution < -0.4 is 25.3 Å². The average molecular weight is 791 g/mol. The summed E-state index contributed by atoms with van der Waals surface area (Å²) in [4.78, 5) is 26.8. The fourth-order valence-corrected chi connectivity index (χ4v) is 12.8. The monoisotopic (exact) mass is 790 g/mol. The first kappa shape index (κ1) is 33.3. The number of rotatable bonds is 6. The minimum Gasteiger partial charge on any atom is -0.397 e. The summed E-state index contributed by atoms with van der Waals surface area (Å²) in [7, 11) is -4.59. The number of para-hydroxylation sites is 2. The van der Waals surface area contributed by atoms with E-state index in [2.05, 4.69) is 11.4 Å². The van der Waals surface area contributed by atoms with Gasteiger partial charge in [-0.3, -0.25) is 0 Å². The van der Waals surface area contributed by atoms with E-state index in [1.807, 2.05) is 110 Å². The number of fused-ring (bicyclic) bond motifs is 15. The van der Waals surface area contributed by atoms with Crippen LogP contribution in [0, 0.1) is 0 Å². The number of hydrogen-bond acceptors (Lipinski definition) is 10. The van der Waals surface area contributed by atoms with Crippen molar-refractivity contribution < 1.29 is 17.2 Å². The number of nitrogens with zero attached hydrogens (tertiary/aromatic N) is 7. The molecule has 14 heteroatoms. The molecule has 1 unspecified atom stereocenters. The van der Waals surface area contributed by atoms with Crippen LogP contribution in [0.2, 0.25) is 0 Å².